The van der Waals surface area contributed by atoms with Crippen molar-refractivity contribution in [2.24, 2.45) is 7.05 Å². The van der Waals surface area contributed by atoms with Crippen LogP contribution in [-0.4, -0.2) is 35.8 Å². The minimum Gasteiger partial charge on any atom is -0.477 e. The molecule has 2 rings (SSSR count). The lowest BCUT2D eigenvalue weighted by atomic mass is 10.3. The largest absolute Gasteiger partial charge is 0.477 e. The Kier molecular flexibility index (Phi) is 2.43. The first-order chi connectivity index (χ1) is 7.63. The number of hydrogen-bond donors (Lipinski definition) is 2. The monoisotopic (exact) mass is 221 g/mol. The highest BCUT2D eigenvalue weighted by atomic mass is 16.4. The minimum atomic E-state index is -1.06. The first kappa shape index (κ1) is 10.3. The van der Waals surface area contributed by atoms with Gasteiger partial charge in [0.1, 0.15) is 5.69 Å². The Bertz CT molecular complexity index is 528. The molecule has 2 aromatic rings. The third-order valence-corrected chi connectivity index (χ3v) is 2.19. The van der Waals surface area contributed by atoms with Gasteiger partial charge >= 0.3 is 5.97 Å². The topological polar surface area (TPSA) is 96.7 Å². The van der Waals surface area contributed by atoms with Gasteiger partial charge in [-0.2, -0.15) is 5.10 Å². The van der Waals surface area contributed by atoms with E-state index in [2.05, 4.69) is 20.1 Å². The number of aromatic nitrogens is 5. The molecule has 0 aliphatic rings. The second-order valence-electron chi connectivity index (χ2n) is 3.26. The van der Waals surface area contributed by atoms with Crippen LogP contribution in [0, 0.1) is 0 Å². The summed E-state index contributed by atoms with van der Waals surface area (Å²) in [5, 5.41) is 13.1. The summed E-state index contributed by atoms with van der Waals surface area (Å²) in [4.78, 5) is 21.7. The Morgan fingerprint density at radius 1 is 1.62 bits per heavy atom. The number of aromatic amines is 1. The van der Waals surface area contributed by atoms with Crippen molar-refractivity contribution in [3.8, 4) is 11.5 Å². The number of aromatic carboxylic acids is 1. The van der Waals surface area contributed by atoms with E-state index in [1.54, 1.807) is 7.05 Å². The second kappa shape index (κ2) is 3.76. The molecule has 16 heavy (non-hydrogen) atoms. The Morgan fingerprint density at radius 2 is 2.38 bits per heavy atom. The van der Waals surface area contributed by atoms with E-state index in [1.807, 2.05) is 6.92 Å². The van der Waals surface area contributed by atoms with Gasteiger partial charge in [-0.15, -0.1) is 0 Å². The fraction of sp³-hybridized carbons (Fsp3) is 0.333. The van der Waals surface area contributed by atoms with Crippen LogP contribution in [0.4, 0.5) is 0 Å². The van der Waals surface area contributed by atoms with Gasteiger partial charge in [-0.1, -0.05) is 6.92 Å². The number of nitrogens with zero attached hydrogens (tertiary/aromatic N) is 4. The van der Waals surface area contributed by atoms with Crippen LogP contribution < -0.4 is 0 Å². The molecular weight excluding hydrogens is 210 g/mol. The van der Waals surface area contributed by atoms with Crippen molar-refractivity contribution in [2.75, 3.05) is 0 Å². The highest BCUT2D eigenvalue weighted by Crippen LogP contribution is 2.17. The first-order valence-corrected chi connectivity index (χ1v) is 4.80. The van der Waals surface area contributed by atoms with Crippen LogP contribution in [0.5, 0.6) is 0 Å². The fourth-order valence-corrected chi connectivity index (χ4v) is 1.42. The zero-order valence-electron chi connectivity index (χ0n) is 8.93. The van der Waals surface area contributed by atoms with Crippen LogP contribution >= 0.6 is 0 Å². The SMILES string of the molecule is CCc1nc(-c2nc[nH]c2C(=O)O)n(C)n1. The molecule has 0 bridgehead atoms. The van der Waals surface area contributed by atoms with Crippen molar-refractivity contribution < 1.29 is 9.90 Å². The molecule has 2 heterocycles. The lowest BCUT2D eigenvalue weighted by molar-refractivity contribution is 0.0692. The van der Waals surface area contributed by atoms with E-state index in [0.29, 0.717) is 23.8 Å². The number of rotatable bonds is 3. The van der Waals surface area contributed by atoms with Gasteiger partial charge < -0.3 is 10.1 Å². The number of carbonyl (C=O) groups is 1. The van der Waals surface area contributed by atoms with Crippen LogP contribution in [0.1, 0.15) is 23.2 Å². The molecule has 7 nitrogen and oxygen atoms in total. The molecule has 0 aliphatic heterocycles. The first-order valence-electron chi connectivity index (χ1n) is 4.80. The average molecular weight is 221 g/mol. The van der Waals surface area contributed by atoms with Crippen molar-refractivity contribution in [2.45, 2.75) is 13.3 Å². The lowest BCUT2D eigenvalue weighted by Gasteiger charge is -1.96. The number of carboxylic acid groups (broad SMARTS) is 1. The van der Waals surface area contributed by atoms with Crippen LogP contribution in [0.25, 0.3) is 11.5 Å². The van der Waals surface area contributed by atoms with Crippen molar-refractivity contribution in [3.63, 3.8) is 0 Å². The van der Waals surface area contributed by atoms with Crippen molar-refractivity contribution in [1.29, 1.82) is 0 Å². The summed E-state index contributed by atoms with van der Waals surface area (Å²) in [5.74, 6) is 0.0564. The number of nitrogens with one attached hydrogen (secondary N) is 1. The van der Waals surface area contributed by atoms with Crippen LogP contribution in [0.15, 0.2) is 6.33 Å². The maximum Gasteiger partial charge on any atom is 0.354 e. The standard InChI is InChI=1S/C9H11N5O2/c1-3-5-12-8(14(2)13-5)6-7(9(15)16)11-4-10-6/h4H,3H2,1-2H3,(H,10,11)(H,15,16). The minimum absolute atomic E-state index is 0.0261. The molecule has 2 N–H and O–H groups in total. The van der Waals surface area contributed by atoms with Gasteiger partial charge in [0.15, 0.2) is 17.3 Å². The molecule has 0 spiro atoms. The molecule has 84 valence electrons. The summed E-state index contributed by atoms with van der Waals surface area (Å²) in [5.41, 5.74) is 0.334. The molecule has 0 saturated heterocycles. The third kappa shape index (κ3) is 1.56. The Balaban J connectivity index is 2.53. The van der Waals surface area contributed by atoms with Crippen molar-refractivity contribution in [3.05, 3.63) is 17.8 Å². The van der Waals surface area contributed by atoms with Gasteiger partial charge in [-0.3, -0.25) is 0 Å². The Hall–Kier alpha value is -2.18. The number of imidazole rings is 1. The number of hydrogen-bond acceptors (Lipinski definition) is 4. The van der Waals surface area contributed by atoms with Crippen LogP contribution in [0.3, 0.4) is 0 Å². The van der Waals surface area contributed by atoms with E-state index < -0.39 is 5.97 Å². The predicted molar refractivity (Wildman–Crippen MR) is 54.9 cm³/mol. The van der Waals surface area contributed by atoms with E-state index in [0.717, 1.165) is 0 Å². The average Bonchev–Trinajstić information content (AvgIpc) is 2.82. The normalized spacial score (nSPS) is 10.6. The molecule has 0 fully saturated rings. The smallest absolute Gasteiger partial charge is 0.354 e. The maximum absolute atomic E-state index is 10.9. The molecule has 0 saturated carbocycles. The number of aryl methyl sites for hydroxylation is 2. The van der Waals surface area contributed by atoms with E-state index in [1.165, 1.54) is 11.0 Å². The third-order valence-electron chi connectivity index (χ3n) is 2.19. The molecule has 0 unspecified atom stereocenters. The van der Waals surface area contributed by atoms with E-state index in [9.17, 15) is 4.79 Å². The summed E-state index contributed by atoms with van der Waals surface area (Å²) in [7, 11) is 1.71. The summed E-state index contributed by atoms with van der Waals surface area (Å²) in [6.07, 6.45) is 2.03. The second-order valence-corrected chi connectivity index (χ2v) is 3.26. The highest BCUT2D eigenvalue weighted by Gasteiger charge is 2.19. The Labute approximate surface area is 91.2 Å². The van der Waals surface area contributed by atoms with E-state index in [-0.39, 0.29) is 5.69 Å². The van der Waals surface area contributed by atoms with E-state index >= 15 is 0 Å². The zero-order valence-corrected chi connectivity index (χ0v) is 8.93. The summed E-state index contributed by atoms with van der Waals surface area (Å²) in [6.45, 7) is 1.93. The highest BCUT2D eigenvalue weighted by molar-refractivity contribution is 5.91. The summed E-state index contributed by atoms with van der Waals surface area (Å²) < 4.78 is 1.53. The summed E-state index contributed by atoms with van der Waals surface area (Å²) in [6, 6.07) is 0. The molecule has 0 amide bonds. The fourth-order valence-electron chi connectivity index (χ4n) is 1.42. The molecule has 0 atom stereocenters. The van der Waals surface area contributed by atoms with Gasteiger partial charge in [0, 0.05) is 13.5 Å². The molecule has 0 radical (unpaired) electrons. The van der Waals surface area contributed by atoms with Gasteiger partial charge in [0.25, 0.3) is 0 Å². The van der Waals surface area contributed by atoms with Crippen molar-refractivity contribution in [1.82, 2.24) is 24.7 Å². The maximum atomic E-state index is 10.9. The predicted octanol–water partition coefficient (Wildman–Crippen LogP) is 0.466. The molecular formula is C9H11N5O2. The molecule has 7 heteroatoms. The van der Waals surface area contributed by atoms with Crippen LogP contribution in [-0.2, 0) is 13.5 Å². The lowest BCUT2D eigenvalue weighted by Crippen LogP contribution is -2.02. The van der Waals surface area contributed by atoms with Crippen molar-refractivity contribution >= 4 is 5.97 Å². The number of H-pyrrole nitrogens is 1. The molecule has 0 aromatic carbocycles. The number of carboxylic acids is 1. The molecule has 2 aromatic heterocycles. The zero-order chi connectivity index (χ0) is 11.7. The van der Waals surface area contributed by atoms with Gasteiger partial charge in [-0.05, 0) is 0 Å². The summed E-state index contributed by atoms with van der Waals surface area (Å²) >= 11 is 0. The quantitative estimate of drug-likeness (QED) is 0.785. The molecule has 0 aliphatic carbocycles. The Morgan fingerprint density at radius 3 is 2.94 bits per heavy atom. The van der Waals surface area contributed by atoms with E-state index in [4.69, 9.17) is 5.11 Å². The van der Waals surface area contributed by atoms with Gasteiger partial charge in [0.05, 0.1) is 6.33 Å². The van der Waals surface area contributed by atoms with Gasteiger partial charge in [0.2, 0.25) is 0 Å². The van der Waals surface area contributed by atoms with Gasteiger partial charge in [-0.25, -0.2) is 19.4 Å². The van der Waals surface area contributed by atoms with Crippen LogP contribution in [0.2, 0.25) is 0 Å².